The molecule has 1 saturated heterocycles. The molecule has 0 bridgehead atoms. The fourth-order valence-electron chi connectivity index (χ4n) is 3.82. The van der Waals surface area contributed by atoms with Crippen LogP contribution in [0.4, 0.5) is 0 Å². The van der Waals surface area contributed by atoms with Gasteiger partial charge in [-0.15, -0.1) is 0 Å². The second-order valence-electron chi connectivity index (χ2n) is 8.12. The summed E-state index contributed by atoms with van der Waals surface area (Å²) in [6, 6.07) is 21.3. The Balaban J connectivity index is 1.32. The molecule has 1 aliphatic rings. The van der Waals surface area contributed by atoms with Crippen LogP contribution in [-0.2, 0) is 13.2 Å². The van der Waals surface area contributed by atoms with Crippen molar-refractivity contribution < 1.29 is 9.53 Å². The van der Waals surface area contributed by atoms with Crippen molar-refractivity contribution in [3.05, 3.63) is 99.0 Å². The van der Waals surface area contributed by atoms with Crippen molar-refractivity contribution in [2.75, 3.05) is 26.2 Å². The van der Waals surface area contributed by atoms with Crippen molar-refractivity contribution in [1.82, 2.24) is 9.80 Å². The SMILES string of the molecule is Cc1ccc(Cl)c(OCc2cccc(C(=O)N3CCN(Cc4ccc(Cl)cc4)CC3)c2)c1. The quantitative estimate of drug-likeness (QED) is 0.455. The summed E-state index contributed by atoms with van der Waals surface area (Å²) in [4.78, 5) is 17.3. The van der Waals surface area contributed by atoms with Crippen molar-refractivity contribution in [3.8, 4) is 5.75 Å². The first kappa shape index (κ1) is 22.7. The third-order valence-electron chi connectivity index (χ3n) is 5.63. The normalized spacial score (nSPS) is 14.4. The average Bonchev–Trinajstić information content (AvgIpc) is 2.81. The van der Waals surface area contributed by atoms with Crippen LogP contribution < -0.4 is 4.74 Å². The predicted molar refractivity (Wildman–Crippen MR) is 130 cm³/mol. The number of hydrogen-bond acceptors (Lipinski definition) is 3. The van der Waals surface area contributed by atoms with Gasteiger partial charge in [-0.25, -0.2) is 0 Å². The van der Waals surface area contributed by atoms with E-state index in [4.69, 9.17) is 27.9 Å². The van der Waals surface area contributed by atoms with E-state index in [0.29, 0.717) is 36.0 Å². The summed E-state index contributed by atoms with van der Waals surface area (Å²) in [7, 11) is 0. The van der Waals surface area contributed by atoms with Crippen molar-refractivity contribution in [2.45, 2.75) is 20.1 Å². The van der Waals surface area contributed by atoms with Crippen LogP contribution in [0.3, 0.4) is 0 Å². The summed E-state index contributed by atoms with van der Waals surface area (Å²) in [5.74, 6) is 0.715. The largest absolute Gasteiger partial charge is 0.487 e. The number of ether oxygens (including phenoxy) is 1. The van der Waals surface area contributed by atoms with Crippen LogP contribution in [0, 0.1) is 6.92 Å². The number of hydrogen-bond donors (Lipinski definition) is 0. The topological polar surface area (TPSA) is 32.8 Å². The molecule has 6 heteroatoms. The Labute approximate surface area is 199 Å². The Morgan fingerprint density at radius 2 is 1.66 bits per heavy atom. The van der Waals surface area contributed by atoms with Gasteiger partial charge in [-0.2, -0.15) is 0 Å². The molecule has 0 radical (unpaired) electrons. The van der Waals surface area contributed by atoms with Crippen molar-refractivity contribution in [1.29, 1.82) is 0 Å². The lowest BCUT2D eigenvalue weighted by Crippen LogP contribution is -2.48. The molecule has 1 aliphatic heterocycles. The number of amides is 1. The Morgan fingerprint density at radius 1 is 0.906 bits per heavy atom. The molecule has 0 unspecified atom stereocenters. The van der Waals surface area contributed by atoms with Gasteiger partial charge in [0.25, 0.3) is 5.91 Å². The summed E-state index contributed by atoms with van der Waals surface area (Å²) in [6.07, 6.45) is 0. The van der Waals surface area contributed by atoms with Gasteiger partial charge < -0.3 is 9.64 Å². The lowest BCUT2D eigenvalue weighted by molar-refractivity contribution is 0.0628. The Hall–Kier alpha value is -2.53. The van der Waals surface area contributed by atoms with Crippen LogP contribution >= 0.6 is 23.2 Å². The Kier molecular flexibility index (Phi) is 7.36. The first-order chi connectivity index (χ1) is 15.5. The van der Waals surface area contributed by atoms with Crippen molar-refractivity contribution >= 4 is 29.1 Å². The predicted octanol–water partition coefficient (Wildman–Crippen LogP) is 5.84. The second-order valence-corrected chi connectivity index (χ2v) is 8.96. The monoisotopic (exact) mass is 468 g/mol. The zero-order valence-corrected chi connectivity index (χ0v) is 19.6. The van der Waals surface area contributed by atoms with Crippen LogP contribution in [0.15, 0.2) is 66.7 Å². The highest BCUT2D eigenvalue weighted by molar-refractivity contribution is 6.32. The minimum absolute atomic E-state index is 0.0616. The van der Waals surface area contributed by atoms with Gasteiger partial charge in [-0.3, -0.25) is 9.69 Å². The second kappa shape index (κ2) is 10.4. The summed E-state index contributed by atoms with van der Waals surface area (Å²) in [5.41, 5.74) is 3.95. The fourth-order valence-corrected chi connectivity index (χ4v) is 4.11. The maximum atomic E-state index is 13.1. The third kappa shape index (κ3) is 5.83. The van der Waals surface area contributed by atoms with E-state index in [1.807, 2.05) is 66.4 Å². The molecule has 3 aromatic carbocycles. The number of rotatable bonds is 6. The summed E-state index contributed by atoms with van der Waals surface area (Å²) in [5, 5.41) is 1.33. The molecule has 0 N–H and O–H groups in total. The molecule has 0 saturated carbocycles. The average molecular weight is 469 g/mol. The minimum atomic E-state index is 0.0616. The maximum Gasteiger partial charge on any atom is 0.253 e. The van der Waals surface area contributed by atoms with E-state index in [9.17, 15) is 4.79 Å². The zero-order valence-electron chi connectivity index (χ0n) is 18.1. The standard InChI is InChI=1S/C26H26Cl2N2O2/c1-19-5-10-24(28)25(15-19)32-18-21-3-2-4-22(16-21)26(31)30-13-11-29(12-14-30)17-20-6-8-23(27)9-7-20/h2-10,15-16H,11-14,17-18H2,1H3. The molecule has 1 heterocycles. The van der Waals surface area contributed by atoms with Crippen molar-refractivity contribution in [2.24, 2.45) is 0 Å². The molecule has 0 aliphatic carbocycles. The van der Waals surface area contributed by atoms with Crippen LogP contribution in [0.1, 0.15) is 27.0 Å². The van der Waals surface area contributed by atoms with E-state index in [1.165, 1.54) is 5.56 Å². The Bertz CT molecular complexity index is 1080. The van der Waals surface area contributed by atoms with Crippen LogP contribution in [0.25, 0.3) is 0 Å². The highest BCUT2D eigenvalue weighted by Gasteiger charge is 2.22. The number of aryl methyl sites for hydroxylation is 1. The fraction of sp³-hybridized carbons (Fsp3) is 0.269. The summed E-state index contributed by atoms with van der Waals surface area (Å²) >= 11 is 12.2. The van der Waals surface area contributed by atoms with E-state index in [1.54, 1.807) is 0 Å². The molecule has 166 valence electrons. The molecule has 1 amide bonds. The number of halogens is 2. The van der Waals surface area contributed by atoms with E-state index >= 15 is 0 Å². The summed E-state index contributed by atoms with van der Waals surface area (Å²) < 4.78 is 5.89. The molecule has 0 spiro atoms. The molecular formula is C26H26Cl2N2O2. The smallest absolute Gasteiger partial charge is 0.253 e. The van der Waals surface area contributed by atoms with Crippen LogP contribution in [0.2, 0.25) is 10.0 Å². The molecule has 3 aromatic rings. The van der Waals surface area contributed by atoms with Crippen molar-refractivity contribution in [3.63, 3.8) is 0 Å². The van der Waals surface area contributed by atoms with Gasteiger partial charge in [0.05, 0.1) is 5.02 Å². The number of nitrogens with zero attached hydrogens (tertiary/aromatic N) is 2. The number of carbonyl (C=O) groups is 1. The number of piperazine rings is 1. The first-order valence-electron chi connectivity index (χ1n) is 10.7. The molecule has 4 nitrogen and oxygen atoms in total. The molecule has 0 aromatic heterocycles. The molecule has 32 heavy (non-hydrogen) atoms. The van der Waals surface area contributed by atoms with Gasteiger partial charge in [0, 0.05) is 43.3 Å². The lowest BCUT2D eigenvalue weighted by Gasteiger charge is -2.34. The van der Waals surface area contributed by atoms with Crippen LogP contribution in [0.5, 0.6) is 5.75 Å². The molecule has 1 fully saturated rings. The van der Waals surface area contributed by atoms with Gasteiger partial charge in [-0.1, -0.05) is 53.5 Å². The zero-order chi connectivity index (χ0) is 22.5. The highest BCUT2D eigenvalue weighted by Crippen LogP contribution is 2.26. The van der Waals surface area contributed by atoms with Gasteiger partial charge >= 0.3 is 0 Å². The molecule has 4 rings (SSSR count). The first-order valence-corrected chi connectivity index (χ1v) is 11.5. The lowest BCUT2D eigenvalue weighted by atomic mass is 10.1. The van der Waals surface area contributed by atoms with Gasteiger partial charge in [-0.05, 0) is 60.0 Å². The Morgan fingerprint density at radius 3 is 2.41 bits per heavy atom. The summed E-state index contributed by atoms with van der Waals surface area (Å²) in [6.45, 7) is 6.36. The minimum Gasteiger partial charge on any atom is -0.487 e. The third-order valence-corrected chi connectivity index (χ3v) is 6.20. The number of benzene rings is 3. The number of carbonyl (C=O) groups excluding carboxylic acids is 1. The van der Waals surface area contributed by atoms with Crippen LogP contribution in [-0.4, -0.2) is 41.9 Å². The maximum absolute atomic E-state index is 13.1. The molecular weight excluding hydrogens is 443 g/mol. The van der Waals surface area contributed by atoms with Gasteiger partial charge in [0.2, 0.25) is 0 Å². The van der Waals surface area contributed by atoms with E-state index < -0.39 is 0 Å². The highest BCUT2D eigenvalue weighted by atomic mass is 35.5. The van der Waals surface area contributed by atoms with Gasteiger partial charge in [0.1, 0.15) is 12.4 Å². The van der Waals surface area contributed by atoms with E-state index in [2.05, 4.69) is 17.0 Å². The molecule has 0 atom stereocenters. The van der Waals surface area contributed by atoms with E-state index in [-0.39, 0.29) is 5.91 Å². The van der Waals surface area contributed by atoms with E-state index in [0.717, 1.165) is 35.8 Å². The van der Waals surface area contributed by atoms with Gasteiger partial charge in [0.15, 0.2) is 0 Å².